The Kier molecular flexibility index (Phi) is 5.34. The molecule has 0 spiro atoms. The highest BCUT2D eigenvalue weighted by atomic mass is 19.4. The van der Waals surface area contributed by atoms with Crippen molar-refractivity contribution in [2.24, 2.45) is 11.8 Å². The molecule has 1 aliphatic carbocycles. The first-order chi connectivity index (χ1) is 13.8. The molecule has 2 fully saturated rings. The van der Waals surface area contributed by atoms with Crippen LogP contribution in [0.15, 0.2) is 48.5 Å². The monoisotopic (exact) mass is 405 g/mol. The molecule has 6 heteroatoms. The Bertz CT molecular complexity index is 853. The number of methoxy groups -OCH3 is 1. The van der Waals surface area contributed by atoms with E-state index in [2.05, 4.69) is 4.90 Å². The van der Waals surface area contributed by atoms with Crippen LogP contribution in [0.1, 0.15) is 29.5 Å². The smallest absolute Gasteiger partial charge is 0.416 e. The van der Waals surface area contributed by atoms with Gasteiger partial charge in [-0.15, -0.1) is 0 Å². The number of halogens is 3. The number of rotatable bonds is 5. The number of likely N-dealkylation sites (tertiary alicyclic amines) is 1. The van der Waals surface area contributed by atoms with Crippen LogP contribution < -0.4 is 4.74 Å². The summed E-state index contributed by atoms with van der Waals surface area (Å²) in [5.74, 6) is 1.57. The quantitative estimate of drug-likeness (QED) is 0.796. The molecule has 0 aromatic heterocycles. The number of alkyl halides is 3. The zero-order valence-electron chi connectivity index (χ0n) is 16.5. The highest BCUT2D eigenvalue weighted by molar-refractivity contribution is 5.33. The maximum absolute atomic E-state index is 12.9. The second kappa shape index (κ2) is 7.65. The van der Waals surface area contributed by atoms with Crippen molar-refractivity contribution in [1.82, 2.24) is 4.90 Å². The zero-order valence-corrected chi connectivity index (χ0v) is 16.5. The summed E-state index contributed by atoms with van der Waals surface area (Å²) in [5.41, 5.74) is 0.208. The van der Waals surface area contributed by atoms with Gasteiger partial charge < -0.3 is 14.7 Å². The van der Waals surface area contributed by atoms with Gasteiger partial charge in [-0.2, -0.15) is 13.2 Å². The van der Waals surface area contributed by atoms with Crippen molar-refractivity contribution in [3.05, 3.63) is 65.2 Å². The van der Waals surface area contributed by atoms with Gasteiger partial charge in [-0.05, 0) is 60.4 Å². The van der Waals surface area contributed by atoms with Crippen molar-refractivity contribution >= 4 is 0 Å². The molecule has 0 radical (unpaired) electrons. The van der Waals surface area contributed by atoms with Crippen LogP contribution in [0.25, 0.3) is 0 Å². The first-order valence-electron chi connectivity index (χ1n) is 10.0. The summed E-state index contributed by atoms with van der Waals surface area (Å²) in [6.07, 6.45) is -2.27. The SMILES string of the molecule is COc1cccc(C2(O)C[C@H]3CN(CCc4cccc(C(F)(F)F)c4)C[C@H]3C2)c1. The molecule has 1 N–H and O–H groups in total. The molecule has 1 aliphatic heterocycles. The Morgan fingerprint density at radius 2 is 1.76 bits per heavy atom. The standard InChI is InChI=1S/C23H26F3NO2/c1-29-21-7-3-5-19(11-21)22(28)12-17-14-27(15-18(17)13-22)9-8-16-4-2-6-20(10-16)23(24,25)26/h2-7,10-11,17-18,28H,8-9,12-15H2,1H3/t17-,18+,22?. The van der Waals surface area contributed by atoms with Gasteiger partial charge >= 0.3 is 6.18 Å². The lowest BCUT2D eigenvalue weighted by molar-refractivity contribution is -0.137. The summed E-state index contributed by atoms with van der Waals surface area (Å²) in [4.78, 5) is 2.32. The highest BCUT2D eigenvalue weighted by Crippen LogP contribution is 2.49. The fraction of sp³-hybridized carbons (Fsp3) is 0.478. The van der Waals surface area contributed by atoms with Gasteiger partial charge in [0.05, 0.1) is 18.3 Å². The molecule has 3 atom stereocenters. The second-order valence-corrected chi connectivity index (χ2v) is 8.40. The van der Waals surface area contributed by atoms with E-state index in [1.165, 1.54) is 12.1 Å². The largest absolute Gasteiger partial charge is 0.497 e. The Labute approximate surface area is 169 Å². The highest BCUT2D eigenvalue weighted by Gasteiger charge is 2.48. The predicted molar refractivity (Wildman–Crippen MR) is 105 cm³/mol. The van der Waals surface area contributed by atoms with Crippen LogP contribution in [-0.4, -0.2) is 36.8 Å². The van der Waals surface area contributed by atoms with Crippen LogP contribution in [0.2, 0.25) is 0 Å². The Morgan fingerprint density at radius 1 is 1.07 bits per heavy atom. The Hall–Kier alpha value is -2.05. The van der Waals surface area contributed by atoms with Gasteiger partial charge in [0.2, 0.25) is 0 Å². The van der Waals surface area contributed by atoms with Crippen molar-refractivity contribution in [3.63, 3.8) is 0 Å². The van der Waals surface area contributed by atoms with E-state index in [-0.39, 0.29) is 0 Å². The summed E-state index contributed by atoms with van der Waals surface area (Å²) >= 11 is 0. The van der Waals surface area contributed by atoms with E-state index in [1.54, 1.807) is 13.2 Å². The molecule has 0 amide bonds. The van der Waals surface area contributed by atoms with Crippen LogP contribution in [0.3, 0.4) is 0 Å². The Balaban J connectivity index is 1.35. The van der Waals surface area contributed by atoms with Gasteiger partial charge in [0.1, 0.15) is 5.75 Å². The molecular weight excluding hydrogens is 379 g/mol. The molecule has 2 aliphatic rings. The normalized spacial score (nSPS) is 27.2. The van der Waals surface area contributed by atoms with Gasteiger partial charge in [-0.3, -0.25) is 0 Å². The Morgan fingerprint density at radius 3 is 2.41 bits per heavy atom. The van der Waals surface area contributed by atoms with Gasteiger partial charge in [0, 0.05) is 19.6 Å². The van der Waals surface area contributed by atoms with Crippen LogP contribution in [0.5, 0.6) is 5.75 Å². The zero-order chi connectivity index (χ0) is 20.6. The van der Waals surface area contributed by atoms with Gasteiger partial charge in [0.15, 0.2) is 0 Å². The maximum Gasteiger partial charge on any atom is 0.416 e. The third-order valence-electron chi connectivity index (χ3n) is 6.43. The third kappa shape index (κ3) is 4.28. The lowest BCUT2D eigenvalue weighted by atomic mass is 9.90. The van der Waals surface area contributed by atoms with Crippen molar-refractivity contribution in [2.45, 2.75) is 31.0 Å². The number of nitrogens with zero attached hydrogens (tertiary/aromatic N) is 1. The van der Waals surface area contributed by atoms with Crippen LogP contribution in [0.4, 0.5) is 13.2 Å². The van der Waals surface area contributed by atoms with E-state index in [1.807, 2.05) is 24.3 Å². The van der Waals surface area contributed by atoms with Crippen LogP contribution in [-0.2, 0) is 18.2 Å². The minimum atomic E-state index is -4.30. The molecule has 0 bridgehead atoms. The maximum atomic E-state index is 12.9. The number of benzene rings is 2. The topological polar surface area (TPSA) is 32.7 Å². The van der Waals surface area contributed by atoms with E-state index in [4.69, 9.17) is 4.74 Å². The molecular formula is C23H26F3NO2. The fourth-order valence-electron chi connectivity index (χ4n) is 4.97. The number of fused-ring (bicyclic) bond motifs is 1. The summed E-state index contributed by atoms with van der Waals surface area (Å²) in [6.45, 7) is 2.51. The van der Waals surface area contributed by atoms with Gasteiger partial charge in [-0.1, -0.05) is 30.3 Å². The molecule has 4 rings (SSSR count). The predicted octanol–water partition coefficient (Wildman–Crippen LogP) is 4.49. The minimum absolute atomic E-state index is 0.410. The molecule has 1 saturated heterocycles. The molecule has 29 heavy (non-hydrogen) atoms. The number of ether oxygens (including phenoxy) is 1. The fourth-order valence-corrected chi connectivity index (χ4v) is 4.97. The van der Waals surface area contributed by atoms with Crippen molar-refractivity contribution < 1.29 is 23.0 Å². The minimum Gasteiger partial charge on any atom is -0.497 e. The summed E-state index contributed by atoms with van der Waals surface area (Å²) in [5, 5.41) is 11.2. The second-order valence-electron chi connectivity index (χ2n) is 8.40. The van der Waals surface area contributed by atoms with Crippen LogP contribution in [0, 0.1) is 11.8 Å². The van der Waals surface area contributed by atoms with E-state index in [0.29, 0.717) is 36.7 Å². The van der Waals surface area contributed by atoms with E-state index in [0.717, 1.165) is 37.0 Å². The average Bonchev–Trinajstić information content (AvgIpc) is 3.21. The van der Waals surface area contributed by atoms with E-state index >= 15 is 0 Å². The molecule has 1 saturated carbocycles. The van der Waals surface area contributed by atoms with E-state index in [9.17, 15) is 18.3 Å². The van der Waals surface area contributed by atoms with Crippen LogP contribution >= 0.6 is 0 Å². The lowest BCUT2D eigenvalue weighted by Crippen LogP contribution is -2.29. The molecule has 2 aromatic carbocycles. The number of hydrogen-bond acceptors (Lipinski definition) is 3. The summed E-state index contributed by atoms with van der Waals surface area (Å²) < 4.78 is 43.9. The van der Waals surface area contributed by atoms with Crippen molar-refractivity contribution in [2.75, 3.05) is 26.7 Å². The van der Waals surface area contributed by atoms with Gasteiger partial charge in [-0.25, -0.2) is 0 Å². The number of aliphatic hydroxyl groups is 1. The molecule has 3 nitrogen and oxygen atoms in total. The molecule has 1 unspecified atom stereocenters. The van der Waals surface area contributed by atoms with Crippen molar-refractivity contribution in [1.29, 1.82) is 0 Å². The molecule has 1 heterocycles. The first-order valence-corrected chi connectivity index (χ1v) is 10.0. The van der Waals surface area contributed by atoms with Gasteiger partial charge in [0.25, 0.3) is 0 Å². The van der Waals surface area contributed by atoms with E-state index < -0.39 is 17.3 Å². The number of hydrogen-bond donors (Lipinski definition) is 1. The molecule has 2 aromatic rings. The lowest BCUT2D eigenvalue weighted by Gasteiger charge is -2.27. The molecule has 156 valence electrons. The first kappa shape index (κ1) is 20.2. The average molecular weight is 405 g/mol. The third-order valence-corrected chi connectivity index (χ3v) is 6.43. The summed E-state index contributed by atoms with van der Waals surface area (Å²) in [6, 6.07) is 13.2. The van der Waals surface area contributed by atoms with Crippen molar-refractivity contribution in [3.8, 4) is 5.75 Å². The summed E-state index contributed by atoms with van der Waals surface area (Å²) in [7, 11) is 1.62.